The number of amides is 3. The maximum absolute atomic E-state index is 14.6. The zero-order chi connectivity index (χ0) is 29.7. The van der Waals surface area contributed by atoms with Gasteiger partial charge in [0.1, 0.15) is 6.04 Å². The SMILES string of the molecule is C=CCN(Cc1ccccc1)C(=O)[C@@H]1[C@@H]2CC(C)C3(S2)C(C(=O)N(CC=C)C(C)CCC)N(CCCCO)C(=O)[C@H]13. The largest absolute Gasteiger partial charge is 0.396 e. The van der Waals surface area contributed by atoms with E-state index in [0.29, 0.717) is 39.0 Å². The monoisotopic (exact) mass is 581 g/mol. The van der Waals surface area contributed by atoms with Crippen LogP contribution in [0.4, 0.5) is 0 Å². The molecule has 224 valence electrons. The van der Waals surface area contributed by atoms with Crippen LogP contribution in [0.5, 0.6) is 0 Å². The van der Waals surface area contributed by atoms with Gasteiger partial charge in [0.05, 0.1) is 16.6 Å². The number of nitrogens with zero attached hydrogens (tertiary/aromatic N) is 3. The Morgan fingerprint density at radius 1 is 1.17 bits per heavy atom. The molecule has 7 atom stereocenters. The number of fused-ring (bicyclic) bond motifs is 1. The van der Waals surface area contributed by atoms with Gasteiger partial charge in [-0.1, -0.05) is 62.8 Å². The predicted molar refractivity (Wildman–Crippen MR) is 165 cm³/mol. The van der Waals surface area contributed by atoms with Gasteiger partial charge in [-0.2, -0.15) is 0 Å². The molecule has 0 saturated carbocycles. The molecule has 0 aromatic heterocycles. The number of thioether (sulfide) groups is 1. The molecule has 1 N–H and O–H groups in total. The number of carbonyl (C=O) groups excluding carboxylic acids is 3. The normalized spacial score (nSPS) is 28.8. The van der Waals surface area contributed by atoms with E-state index in [9.17, 15) is 19.5 Å². The first-order valence-corrected chi connectivity index (χ1v) is 16.1. The molecule has 1 aromatic rings. The van der Waals surface area contributed by atoms with Crippen LogP contribution >= 0.6 is 11.8 Å². The lowest BCUT2D eigenvalue weighted by atomic mass is 9.65. The third kappa shape index (κ3) is 5.74. The van der Waals surface area contributed by atoms with Crippen LogP contribution in [0.25, 0.3) is 0 Å². The van der Waals surface area contributed by atoms with Gasteiger partial charge in [0.2, 0.25) is 17.7 Å². The zero-order valence-corrected chi connectivity index (χ0v) is 25.7. The molecule has 1 aromatic carbocycles. The van der Waals surface area contributed by atoms with Gasteiger partial charge in [-0.05, 0) is 44.1 Å². The first-order valence-electron chi connectivity index (χ1n) is 15.2. The van der Waals surface area contributed by atoms with E-state index in [0.717, 1.165) is 24.8 Å². The van der Waals surface area contributed by atoms with Crippen molar-refractivity contribution in [2.75, 3.05) is 26.2 Å². The highest BCUT2D eigenvalue weighted by atomic mass is 32.2. The van der Waals surface area contributed by atoms with Crippen molar-refractivity contribution in [2.45, 2.75) is 81.5 Å². The molecule has 0 radical (unpaired) electrons. The maximum atomic E-state index is 14.6. The summed E-state index contributed by atoms with van der Waals surface area (Å²) in [6.07, 6.45) is 7.29. The average molecular weight is 582 g/mol. The Labute approximate surface area is 250 Å². The average Bonchev–Trinajstić information content (AvgIpc) is 3.55. The fourth-order valence-electron chi connectivity index (χ4n) is 7.48. The van der Waals surface area contributed by atoms with Crippen LogP contribution in [0.3, 0.4) is 0 Å². The summed E-state index contributed by atoms with van der Waals surface area (Å²) in [4.78, 5) is 48.8. The highest BCUT2D eigenvalue weighted by Crippen LogP contribution is 2.69. The van der Waals surface area contributed by atoms with Crippen molar-refractivity contribution in [3.63, 3.8) is 0 Å². The lowest BCUT2D eigenvalue weighted by Gasteiger charge is -2.42. The van der Waals surface area contributed by atoms with Gasteiger partial charge in [-0.25, -0.2) is 0 Å². The Morgan fingerprint density at radius 3 is 2.51 bits per heavy atom. The van der Waals surface area contributed by atoms with Crippen LogP contribution in [-0.4, -0.2) is 85.8 Å². The third-order valence-corrected chi connectivity index (χ3v) is 11.4. The van der Waals surface area contributed by atoms with E-state index >= 15 is 0 Å². The van der Waals surface area contributed by atoms with Gasteiger partial charge in [-0.3, -0.25) is 14.4 Å². The molecule has 3 heterocycles. The minimum Gasteiger partial charge on any atom is -0.396 e. The molecular formula is C33H47N3O4S. The van der Waals surface area contributed by atoms with Crippen LogP contribution < -0.4 is 0 Å². The van der Waals surface area contributed by atoms with Crippen LogP contribution in [-0.2, 0) is 20.9 Å². The number of likely N-dealkylation sites (tertiary alicyclic amines) is 1. The maximum Gasteiger partial charge on any atom is 0.247 e. The number of aliphatic hydroxyl groups excluding tert-OH is 1. The molecule has 3 fully saturated rings. The van der Waals surface area contributed by atoms with Gasteiger partial charge >= 0.3 is 0 Å². The molecule has 0 aliphatic carbocycles. The summed E-state index contributed by atoms with van der Waals surface area (Å²) in [5.74, 6) is -1.06. The van der Waals surface area contributed by atoms with E-state index in [1.54, 1.807) is 28.8 Å². The van der Waals surface area contributed by atoms with E-state index in [1.165, 1.54) is 0 Å². The summed E-state index contributed by atoms with van der Waals surface area (Å²) in [6.45, 7) is 15.9. The smallest absolute Gasteiger partial charge is 0.247 e. The summed E-state index contributed by atoms with van der Waals surface area (Å²) < 4.78 is -0.656. The van der Waals surface area contributed by atoms with Crippen molar-refractivity contribution in [3.8, 4) is 0 Å². The van der Waals surface area contributed by atoms with Crippen LogP contribution in [0.15, 0.2) is 55.6 Å². The van der Waals surface area contributed by atoms with E-state index in [-0.39, 0.29) is 41.5 Å². The second-order valence-corrected chi connectivity index (χ2v) is 13.5. The molecule has 3 aliphatic rings. The Bertz CT molecular complexity index is 1110. The van der Waals surface area contributed by atoms with Gasteiger partial charge in [0.25, 0.3) is 0 Å². The van der Waals surface area contributed by atoms with E-state index in [4.69, 9.17) is 0 Å². The first-order chi connectivity index (χ1) is 19.8. The van der Waals surface area contributed by atoms with Gasteiger partial charge in [0, 0.05) is 44.1 Å². The summed E-state index contributed by atoms with van der Waals surface area (Å²) >= 11 is 1.72. The van der Waals surface area contributed by atoms with Crippen molar-refractivity contribution < 1.29 is 19.5 Å². The predicted octanol–water partition coefficient (Wildman–Crippen LogP) is 4.51. The molecule has 1 spiro atoms. The number of hydrogen-bond acceptors (Lipinski definition) is 5. The van der Waals surface area contributed by atoms with Gasteiger partial charge < -0.3 is 19.8 Å². The topological polar surface area (TPSA) is 81.2 Å². The molecular weight excluding hydrogens is 534 g/mol. The summed E-state index contributed by atoms with van der Waals surface area (Å²) in [6, 6.07) is 9.27. The summed E-state index contributed by atoms with van der Waals surface area (Å²) in [5, 5.41) is 9.46. The van der Waals surface area contributed by atoms with Crippen LogP contribution in [0.2, 0.25) is 0 Å². The Morgan fingerprint density at radius 2 is 1.88 bits per heavy atom. The lowest BCUT2D eigenvalue weighted by Crippen LogP contribution is -2.58. The first kappa shape index (κ1) is 31.4. The number of unbranched alkanes of at least 4 members (excludes halogenated alkanes) is 1. The molecule has 41 heavy (non-hydrogen) atoms. The highest BCUT2D eigenvalue weighted by Gasteiger charge is 2.76. The molecule has 3 amide bonds. The molecule has 3 saturated heterocycles. The quantitative estimate of drug-likeness (QED) is 0.244. The molecule has 3 aliphatic heterocycles. The number of carbonyl (C=O) groups is 3. The molecule has 2 bridgehead atoms. The number of rotatable bonds is 15. The van der Waals surface area contributed by atoms with Gasteiger partial charge in [-0.15, -0.1) is 24.9 Å². The Balaban J connectivity index is 1.73. The second kappa shape index (κ2) is 13.6. The minimum absolute atomic E-state index is 0.00894. The van der Waals surface area contributed by atoms with Crippen molar-refractivity contribution in [1.29, 1.82) is 0 Å². The molecule has 4 unspecified atom stereocenters. The van der Waals surface area contributed by atoms with Crippen LogP contribution in [0.1, 0.15) is 58.4 Å². The molecule has 8 heteroatoms. The Hall–Kier alpha value is -2.58. The van der Waals surface area contributed by atoms with E-state index in [2.05, 4.69) is 33.9 Å². The van der Waals surface area contributed by atoms with Crippen molar-refractivity contribution in [3.05, 3.63) is 61.2 Å². The minimum atomic E-state index is -0.656. The van der Waals surface area contributed by atoms with Crippen molar-refractivity contribution in [1.82, 2.24) is 14.7 Å². The standard InChI is InChI=1S/C33H47N3O4S/c1-6-14-24(5)35(18-8-3)32(40)29-33-23(4)21-26(41-33)27(28(33)31(39)36(29)19-12-13-20-37)30(38)34(17-7-2)22-25-15-10-9-11-16-25/h7-11,15-16,23-24,26-29,37H,2-3,6,12-14,17-22H2,1,4-5H3/t23?,24?,26-,27+,28-,29?,33?/m0/s1. The fourth-order valence-corrected chi connectivity index (χ4v) is 9.88. The highest BCUT2D eigenvalue weighted by molar-refractivity contribution is 8.02. The van der Waals surface area contributed by atoms with Crippen molar-refractivity contribution >= 4 is 29.5 Å². The van der Waals surface area contributed by atoms with Gasteiger partial charge in [0.15, 0.2) is 0 Å². The number of benzene rings is 1. The molecule has 7 nitrogen and oxygen atoms in total. The lowest BCUT2D eigenvalue weighted by molar-refractivity contribution is -0.145. The number of aliphatic hydroxyl groups is 1. The zero-order valence-electron chi connectivity index (χ0n) is 24.9. The van der Waals surface area contributed by atoms with Crippen molar-refractivity contribution in [2.24, 2.45) is 17.8 Å². The fraction of sp³-hybridized carbons (Fsp3) is 0.606. The summed E-state index contributed by atoms with van der Waals surface area (Å²) in [5.41, 5.74) is 1.03. The Kier molecular flexibility index (Phi) is 10.4. The van der Waals surface area contributed by atoms with E-state index < -0.39 is 22.6 Å². The second-order valence-electron chi connectivity index (χ2n) is 11.9. The third-order valence-electron chi connectivity index (χ3n) is 9.30. The number of hydrogen-bond donors (Lipinski definition) is 1. The summed E-state index contributed by atoms with van der Waals surface area (Å²) in [7, 11) is 0. The molecule has 4 rings (SSSR count). The van der Waals surface area contributed by atoms with E-state index in [1.807, 2.05) is 40.1 Å². The van der Waals surface area contributed by atoms with Crippen LogP contribution in [0, 0.1) is 17.8 Å².